The van der Waals surface area contributed by atoms with Crippen LogP contribution in [-0.4, -0.2) is 33.6 Å². The van der Waals surface area contributed by atoms with Gasteiger partial charge in [0.15, 0.2) is 5.67 Å². The number of amides is 1. The number of nitrogens with zero attached hydrogens (tertiary/aromatic N) is 1. The molecule has 0 aliphatic carbocycles. The van der Waals surface area contributed by atoms with Crippen LogP contribution in [0.15, 0.2) is 0 Å². The quantitative estimate of drug-likeness (QED) is 0.566. The summed E-state index contributed by atoms with van der Waals surface area (Å²) in [6.07, 6.45) is 0. The summed E-state index contributed by atoms with van der Waals surface area (Å²) in [5, 5.41) is 7.07. The van der Waals surface area contributed by atoms with Crippen LogP contribution >= 0.6 is 0 Å². The van der Waals surface area contributed by atoms with Gasteiger partial charge in [-0.15, -0.1) is 5.12 Å². The summed E-state index contributed by atoms with van der Waals surface area (Å²) >= 11 is 0. The first kappa shape index (κ1) is 12.7. The number of carbonyl (C=O) groups excluding carboxylic acids is 1. The van der Waals surface area contributed by atoms with Crippen LogP contribution in [-0.2, 0) is 9.59 Å². The molecule has 1 amide bonds. The van der Waals surface area contributed by atoms with Gasteiger partial charge in [-0.3, -0.25) is 4.79 Å². The van der Waals surface area contributed by atoms with Crippen molar-refractivity contribution >= 4 is 11.9 Å². The van der Waals surface area contributed by atoms with Crippen molar-refractivity contribution < 1.29 is 28.0 Å². The first-order chi connectivity index (χ1) is 6.05. The van der Waals surface area contributed by atoms with Gasteiger partial charge in [0, 0.05) is 6.92 Å². The van der Waals surface area contributed by atoms with Crippen molar-refractivity contribution in [3.8, 4) is 0 Å². The zero-order valence-electron chi connectivity index (χ0n) is 7.84. The molecule has 4 nitrogen and oxygen atoms in total. The van der Waals surface area contributed by atoms with Crippen molar-refractivity contribution in [2.45, 2.75) is 32.2 Å². The third kappa shape index (κ3) is 1.80. The molecule has 0 aliphatic rings. The molecule has 0 bridgehead atoms. The molecule has 0 saturated heterocycles. The number of carbonyl (C=O) groups is 2. The largest absolute Gasteiger partial charge is 0.477 e. The van der Waals surface area contributed by atoms with Crippen LogP contribution in [0.3, 0.4) is 0 Å². The van der Waals surface area contributed by atoms with Crippen LogP contribution in [0.2, 0.25) is 0 Å². The smallest absolute Gasteiger partial charge is 0.368 e. The minimum absolute atomic E-state index is 0.524. The summed E-state index contributed by atoms with van der Waals surface area (Å²) in [5.74, 6) is -7.94. The van der Waals surface area contributed by atoms with E-state index in [-0.39, 0.29) is 0 Å². The fraction of sp³-hybridized carbons (Fsp3) is 0.714. The lowest BCUT2D eigenvalue weighted by molar-refractivity contribution is -0.228. The number of carboxylic acids is 1. The monoisotopic (exact) mass is 213 g/mol. The van der Waals surface area contributed by atoms with E-state index in [0.717, 1.165) is 0 Å². The van der Waals surface area contributed by atoms with E-state index in [0.29, 0.717) is 20.8 Å². The van der Waals surface area contributed by atoms with Crippen LogP contribution in [0.5, 0.6) is 0 Å². The normalized spacial score (nSPS) is 15.9. The van der Waals surface area contributed by atoms with Gasteiger partial charge in [-0.25, -0.2) is 13.6 Å². The molecule has 0 aliphatic heterocycles. The molecular formula is C7H10F3NO3. The molecule has 82 valence electrons. The van der Waals surface area contributed by atoms with Crippen molar-refractivity contribution in [2.24, 2.45) is 0 Å². The fourth-order valence-corrected chi connectivity index (χ4v) is 0.789. The minimum Gasteiger partial charge on any atom is -0.477 e. The Bertz CT molecular complexity index is 263. The van der Waals surface area contributed by atoms with Gasteiger partial charge in [0.25, 0.3) is 5.91 Å². The molecule has 1 atom stereocenters. The zero-order valence-corrected chi connectivity index (χ0v) is 7.84. The summed E-state index contributed by atoms with van der Waals surface area (Å²) in [4.78, 5) is 20.8. The van der Waals surface area contributed by atoms with E-state index in [4.69, 9.17) is 5.11 Å². The second-order valence-electron chi connectivity index (χ2n) is 3.20. The molecule has 0 rings (SSSR count). The van der Waals surface area contributed by atoms with Crippen LogP contribution in [0.1, 0.15) is 20.8 Å². The second kappa shape index (κ2) is 3.47. The van der Waals surface area contributed by atoms with E-state index in [9.17, 15) is 22.9 Å². The average molecular weight is 213 g/mol. The summed E-state index contributed by atoms with van der Waals surface area (Å²) in [5.41, 5.74) is -3.06. The van der Waals surface area contributed by atoms with Crippen molar-refractivity contribution in [3.05, 3.63) is 0 Å². The average Bonchev–Trinajstić information content (AvgIpc) is 1.98. The van der Waals surface area contributed by atoms with Gasteiger partial charge in [-0.1, -0.05) is 4.48 Å². The van der Waals surface area contributed by atoms with Gasteiger partial charge in [-0.05, 0) is 13.8 Å². The molecule has 0 aromatic heterocycles. The first-order valence-corrected chi connectivity index (χ1v) is 3.63. The summed E-state index contributed by atoms with van der Waals surface area (Å²) in [6.45, 7) is 1.64. The molecule has 1 N–H and O–H groups in total. The maximum Gasteiger partial charge on any atom is 0.368 e. The molecule has 0 aromatic carbocycles. The topological polar surface area (TPSA) is 57.6 Å². The van der Waals surface area contributed by atoms with Gasteiger partial charge in [-0.2, -0.15) is 0 Å². The van der Waals surface area contributed by atoms with Crippen LogP contribution < -0.4 is 0 Å². The van der Waals surface area contributed by atoms with Crippen molar-refractivity contribution in [1.29, 1.82) is 0 Å². The Kier molecular flexibility index (Phi) is 3.15. The standard InChI is InChI=1S/C7H10F3NO3/c1-4(12)11(10)7(9,5(13)14)6(2,3)8/h1-3H3,(H,13,14). The highest BCUT2D eigenvalue weighted by Crippen LogP contribution is 2.34. The number of hydrogen-bond donors (Lipinski definition) is 1. The Morgan fingerprint density at radius 3 is 1.71 bits per heavy atom. The molecule has 0 heterocycles. The molecule has 14 heavy (non-hydrogen) atoms. The number of halogens is 3. The Balaban J connectivity index is 5.33. The van der Waals surface area contributed by atoms with Crippen LogP contribution in [0.4, 0.5) is 13.3 Å². The number of alkyl halides is 2. The third-order valence-corrected chi connectivity index (χ3v) is 1.62. The lowest BCUT2D eigenvalue weighted by atomic mass is 9.97. The van der Waals surface area contributed by atoms with Gasteiger partial charge >= 0.3 is 11.8 Å². The van der Waals surface area contributed by atoms with E-state index < -0.39 is 28.5 Å². The Morgan fingerprint density at radius 1 is 1.29 bits per heavy atom. The highest BCUT2D eigenvalue weighted by molar-refractivity contribution is 5.84. The maximum absolute atomic E-state index is 13.4. The minimum atomic E-state index is -4.02. The highest BCUT2D eigenvalue weighted by Gasteiger charge is 2.60. The Labute approximate surface area is 78.2 Å². The molecular weight excluding hydrogens is 203 g/mol. The third-order valence-electron chi connectivity index (χ3n) is 1.62. The molecule has 0 aromatic rings. The Morgan fingerprint density at radius 2 is 1.64 bits per heavy atom. The van der Waals surface area contributed by atoms with E-state index >= 15 is 0 Å². The Hall–Kier alpha value is -1.27. The molecule has 0 radical (unpaired) electrons. The zero-order chi connectivity index (χ0) is 11.7. The lowest BCUT2D eigenvalue weighted by Gasteiger charge is -2.33. The number of hydrogen-bond acceptors (Lipinski definition) is 2. The predicted octanol–water partition coefficient (Wildman–Crippen LogP) is 1.22. The van der Waals surface area contributed by atoms with Gasteiger partial charge in [0.1, 0.15) is 0 Å². The summed E-state index contributed by atoms with van der Waals surface area (Å²) < 4.78 is 39.3. The SMILES string of the molecule is CC(=O)N(F)C(F)(C(=O)O)C(C)(C)F. The molecule has 0 fully saturated rings. The number of rotatable bonds is 3. The van der Waals surface area contributed by atoms with Gasteiger partial charge in [0.05, 0.1) is 0 Å². The molecule has 0 spiro atoms. The van der Waals surface area contributed by atoms with Gasteiger partial charge < -0.3 is 5.11 Å². The molecule has 7 heteroatoms. The molecule has 0 saturated carbocycles. The van der Waals surface area contributed by atoms with E-state index in [2.05, 4.69) is 0 Å². The van der Waals surface area contributed by atoms with E-state index in [1.807, 2.05) is 0 Å². The summed E-state index contributed by atoms with van der Waals surface area (Å²) in [6, 6.07) is 0. The summed E-state index contributed by atoms with van der Waals surface area (Å²) in [7, 11) is 0. The van der Waals surface area contributed by atoms with E-state index in [1.165, 1.54) is 0 Å². The van der Waals surface area contributed by atoms with Gasteiger partial charge in [0.2, 0.25) is 0 Å². The number of carboxylic acid groups (broad SMARTS) is 1. The van der Waals surface area contributed by atoms with Crippen LogP contribution in [0.25, 0.3) is 0 Å². The van der Waals surface area contributed by atoms with E-state index in [1.54, 1.807) is 0 Å². The lowest BCUT2D eigenvalue weighted by Crippen LogP contribution is -2.60. The first-order valence-electron chi connectivity index (χ1n) is 3.63. The maximum atomic E-state index is 13.4. The predicted molar refractivity (Wildman–Crippen MR) is 40.3 cm³/mol. The highest BCUT2D eigenvalue weighted by atomic mass is 19.2. The molecule has 1 unspecified atom stereocenters. The van der Waals surface area contributed by atoms with Crippen molar-refractivity contribution in [2.75, 3.05) is 0 Å². The van der Waals surface area contributed by atoms with Crippen molar-refractivity contribution in [1.82, 2.24) is 5.12 Å². The van der Waals surface area contributed by atoms with Crippen LogP contribution in [0, 0.1) is 0 Å². The number of aliphatic carboxylic acids is 1. The van der Waals surface area contributed by atoms with Crippen molar-refractivity contribution in [3.63, 3.8) is 0 Å². The fourth-order valence-electron chi connectivity index (χ4n) is 0.789. The second-order valence-corrected chi connectivity index (χ2v) is 3.20.